The summed E-state index contributed by atoms with van der Waals surface area (Å²) in [6.07, 6.45) is -0.349. The van der Waals surface area contributed by atoms with E-state index in [0.29, 0.717) is 28.3 Å². The van der Waals surface area contributed by atoms with E-state index < -0.39 is 12.0 Å². The molecule has 0 unspecified atom stereocenters. The first-order valence-electron chi connectivity index (χ1n) is 11.6. The van der Waals surface area contributed by atoms with Crippen LogP contribution in [0, 0.1) is 0 Å². The van der Waals surface area contributed by atoms with E-state index in [1.165, 1.54) is 13.8 Å². The smallest absolute Gasteiger partial charge is 0.307 e. The lowest BCUT2D eigenvalue weighted by molar-refractivity contribution is -0.136. The number of hydrogen-bond donors (Lipinski definition) is 4. The zero-order chi connectivity index (χ0) is 26.5. The maximum absolute atomic E-state index is 13.8. The fourth-order valence-corrected chi connectivity index (χ4v) is 4.29. The molecule has 0 aromatic heterocycles. The lowest BCUT2D eigenvalue weighted by Crippen LogP contribution is -2.31. The minimum absolute atomic E-state index is 0.175. The fraction of sp³-hybridized carbons (Fsp3) is 0.143. The molecule has 4 rings (SSSR count). The molecule has 188 valence electrons. The highest BCUT2D eigenvalue weighted by atomic mass is 16.4. The van der Waals surface area contributed by atoms with Crippen molar-refractivity contribution >= 4 is 46.4 Å². The average molecular weight is 499 g/mol. The number of aliphatic carboxylic acids is 1. The molecule has 0 aliphatic carbocycles. The zero-order valence-corrected chi connectivity index (χ0v) is 20.3. The Balaban J connectivity index is 1.76. The minimum atomic E-state index is -1.06. The third kappa shape index (κ3) is 5.84. The van der Waals surface area contributed by atoms with Crippen LogP contribution in [0.5, 0.6) is 0 Å². The number of benzene rings is 3. The summed E-state index contributed by atoms with van der Waals surface area (Å²) in [4.78, 5) is 50.0. The molecule has 0 radical (unpaired) electrons. The van der Waals surface area contributed by atoms with E-state index in [4.69, 9.17) is 0 Å². The van der Waals surface area contributed by atoms with Gasteiger partial charge in [0.1, 0.15) is 5.70 Å². The van der Waals surface area contributed by atoms with Crippen molar-refractivity contribution in [3.63, 3.8) is 0 Å². The van der Waals surface area contributed by atoms with Crippen molar-refractivity contribution in [2.75, 3.05) is 20.9 Å². The Morgan fingerprint density at radius 2 is 1.30 bits per heavy atom. The van der Waals surface area contributed by atoms with Gasteiger partial charge in [0.15, 0.2) is 0 Å². The molecule has 3 aromatic rings. The van der Waals surface area contributed by atoms with Crippen LogP contribution in [0.25, 0.3) is 0 Å². The third-order valence-corrected chi connectivity index (χ3v) is 5.74. The molecule has 0 saturated heterocycles. The molecular weight excluding hydrogens is 472 g/mol. The number of amides is 3. The highest BCUT2D eigenvalue weighted by Crippen LogP contribution is 2.43. The molecule has 4 N–H and O–H groups in total. The van der Waals surface area contributed by atoms with Crippen molar-refractivity contribution in [1.29, 1.82) is 0 Å². The number of nitrogens with one attached hydrogen (secondary N) is 3. The Kier molecular flexibility index (Phi) is 7.34. The SMILES string of the molecule is CC(=O)Nc1ccc(NC2=C(CC(=O)O)[C@@H](c3ccccc3)N(c3ccc(NC(C)=O)cc3)C2=O)cc1. The van der Waals surface area contributed by atoms with Gasteiger partial charge in [0, 0.05) is 36.6 Å². The predicted octanol–water partition coefficient (Wildman–Crippen LogP) is 4.53. The first-order valence-corrected chi connectivity index (χ1v) is 11.6. The number of hydrogen-bond acceptors (Lipinski definition) is 5. The standard InChI is InChI=1S/C28H26N4O5/c1-17(33)29-20-8-10-22(11-9-20)31-26-24(16-25(35)36)27(19-6-4-3-5-7-19)32(28(26)37)23-14-12-21(13-15-23)30-18(2)34/h3-15,27,31H,16H2,1-2H3,(H,29,33)(H,30,34)(H,35,36)/t27-/m1/s1. The second-order valence-corrected chi connectivity index (χ2v) is 8.57. The van der Waals surface area contributed by atoms with Crippen LogP contribution in [0.3, 0.4) is 0 Å². The van der Waals surface area contributed by atoms with Gasteiger partial charge in [-0.1, -0.05) is 30.3 Å². The first kappa shape index (κ1) is 25.2. The van der Waals surface area contributed by atoms with E-state index in [1.807, 2.05) is 30.3 Å². The first-order chi connectivity index (χ1) is 17.7. The molecule has 0 spiro atoms. The summed E-state index contributed by atoms with van der Waals surface area (Å²) >= 11 is 0. The largest absolute Gasteiger partial charge is 0.481 e. The number of nitrogens with zero attached hydrogens (tertiary/aromatic N) is 1. The van der Waals surface area contributed by atoms with Crippen LogP contribution < -0.4 is 20.9 Å². The van der Waals surface area contributed by atoms with E-state index in [2.05, 4.69) is 16.0 Å². The molecule has 1 aliphatic heterocycles. The Labute approximate surface area is 213 Å². The second-order valence-electron chi connectivity index (χ2n) is 8.57. The van der Waals surface area contributed by atoms with Crippen LogP contribution in [0.15, 0.2) is 90.1 Å². The van der Waals surface area contributed by atoms with Gasteiger partial charge < -0.3 is 21.1 Å². The van der Waals surface area contributed by atoms with Gasteiger partial charge in [-0.05, 0) is 59.7 Å². The van der Waals surface area contributed by atoms with Gasteiger partial charge in [0.05, 0.1) is 12.5 Å². The average Bonchev–Trinajstić information content (AvgIpc) is 3.11. The van der Waals surface area contributed by atoms with Crippen LogP contribution in [0.2, 0.25) is 0 Å². The van der Waals surface area contributed by atoms with Gasteiger partial charge in [-0.25, -0.2) is 0 Å². The maximum Gasteiger partial charge on any atom is 0.307 e. The number of carboxylic acid groups (broad SMARTS) is 1. The van der Waals surface area contributed by atoms with Crippen molar-refractivity contribution in [1.82, 2.24) is 0 Å². The number of anilines is 4. The Morgan fingerprint density at radius 1 is 0.784 bits per heavy atom. The minimum Gasteiger partial charge on any atom is -0.481 e. The predicted molar refractivity (Wildman–Crippen MR) is 141 cm³/mol. The van der Waals surface area contributed by atoms with Crippen molar-refractivity contribution in [2.24, 2.45) is 0 Å². The monoisotopic (exact) mass is 498 g/mol. The van der Waals surface area contributed by atoms with E-state index in [9.17, 15) is 24.3 Å². The highest BCUT2D eigenvalue weighted by molar-refractivity contribution is 6.12. The van der Waals surface area contributed by atoms with Crippen LogP contribution >= 0.6 is 0 Å². The number of rotatable bonds is 8. The van der Waals surface area contributed by atoms with E-state index in [0.717, 1.165) is 5.56 Å². The Morgan fingerprint density at radius 3 is 1.81 bits per heavy atom. The van der Waals surface area contributed by atoms with Crippen molar-refractivity contribution in [3.05, 3.63) is 95.7 Å². The summed E-state index contributed by atoms with van der Waals surface area (Å²) in [5.41, 5.74) is 3.64. The molecule has 37 heavy (non-hydrogen) atoms. The van der Waals surface area contributed by atoms with Crippen molar-refractivity contribution < 1.29 is 24.3 Å². The lowest BCUT2D eigenvalue weighted by atomic mass is 9.96. The molecule has 3 aromatic carbocycles. The van der Waals surface area contributed by atoms with E-state index in [1.54, 1.807) is 53.4 Å². The summed E-state index contributed by atoms with van der Waals surface area (Å²) in [5, 5.41) is 18.2. The Hall–Kier alpha value is -4.92. The van der Waals surface area contributed by atoms with Crippen LogP contribution in [0.1, 0.15) is 31.9 Å². The molecule has 9 heteroatoms. The molecular formula is C28H26N4O5. The van der Waals surface area contributed by atoms with Crippen LogP contribution in [-0.2, 0) is 19.2 Å². The molecule has 9 nitrogen and oxygen atoms in total. The van der Waals surface area contributed by atoms with Gasteiger partial charge in [-0.2, -0.15) is 0 Å². The van der Waals surface area contributed by atoms with Crippen LogP contribution in [0.4, 0.5) is 22.7 Å². The van der Waals surface area contributed by atoms with Gasteiger partial charge >= 0.3 is 5.97 Å². The van der Waals surface area contributed by atoms with Gasteiger partial charge in [0.2, 0.25) is 11.8 Å². The Bertz CT molecular complexity index is 1370. The number of carboxylic acids is 1. The number of carbonyl (C=O) groups excluding carboxylic acids is 3. The topological polar surface area (TPSA) is 128 Å². The second kappa shape index (κ2) is 10.8. The van der Waals surface area contributed by atoms with Gasteiger partial charge in [-0.3, -0.25) is 24.1 Å². The summed E-state index contributed by atoms with van der Waals surface area (Å²) in [5.74, 6) is -1.87. The molecule has 1 aliphatic rings. The number of carbonyl (C=O) groups is 4. The van der Waals surface area contributed by atoms with Gasteiger partial charge in [0.25, 0.3) is 5.91 Å². The van der Waals surface area contributed by atoms with E-state index in [-0.39, 0.29) is 29.8 Å². The summed E-state index contributed by atoms with van der Waals surface area (Å²) < 4.78 is 0. The molecule has 0 fully saturated rings. The lowest BCUT2D eigenvalue weighted by Gasteiger charge is -2.27. The molecule has 0 saturated carbocycles. The fourth-order valence-electron chi connectivity index (χ4n) is 4.29. The van der Waals surface area contributed by atoms with Gasteiger partial charge in [-0.15, -0.1) is 0 Å². The molecule has 1 atom stereocenters. The maximum atomic E-state index is 13.8. The third-order valence-electron chi connectivity index (χ3n) is 5.74. The quantitative estimate of drug-likeness (QED) is 0.361. The summed E-state index contributed by atoms with van der Waals surface area (Å²) in [6, 6.07) is 22.1. The van der Waals surface area contributed by atoms with Crippen molar-refractivity contribution in [3.8, 4) is 0 Å². The normalized spacial score (nSPS) is 14.9. The highest BCUT2D eigenvalue weighted by Gasteiger charge is 2.41. The summed E-state index contributed by atoms with van der Waals surface area (Å²) in [7, 11) is 0. The molecule has 0 bridgehead atoms. The zero-order valence-electron chi connectivity index (χ0n) is 20.3. The molecule has 3 amide bonds. The van der Waals surface area contributed by atoms with Crippen LogP contribution in [-0.4, -0.2) is 28.8 Å². The van der Waals surface area contributed by atoms with E-state index >= 15 is 0 Å². The molecule has 1 heterocycles. The van der Waals surface area contributed by atoms with Crippen molar-refractivity contribution in [2.45, 2.75) is 26.3 Å². The summed E-state index contributed by atoms with van der Waals surface area (Å²) in [6.45, 7) is 2.82.